The summed E-state index contributed by atoms with van der Waals surface area (Å²) in [5.74, 6) is 0.759. The van der Waals surface area contributed by atoms with E-state index in [4.69, 9.17) is 21.1 Å². The molecule has 1 aromatic rings. The molecule has 7 nitrogen and oxygen atoms in total. The summed E-state index contributed by atoms with van der Waals surface area (Å²) in [6, 6.07) is 3.57. The topological polar surface area (TPSA) is 67.8 Å². The monoisotopic (exact) mass is 354 g/mol. The molecule has 2 saturated heterocycles. The maximum Gasteiger partial charge on any atom is 0.410 e. The van der Waals surface area contributed by atoms with Gasteiger partial charge in [-0.1, -0.05) is 11.6 Å². The van der Waals surface area contributed by atoms with Crippen LogP contribution in [0.5, 0.6) is 0 Å². The first-order valence-corrected chi connectivity index (χ1v) is 8.49. The van der Waals surface area contributed by atoms with Crippen molar-refractivity contribution < 1.29 is 14.3 Å². The number of carbonyl (C=O) groups excluding carboxylic acids is 1. The third-order valence-electron chi connectivity index (χ3n) is 4.29. The first kappa shape index (κ1) is 17.2. The highest BCUT2D eigenvalue weighted by atomic mass is 35.5. The van der Waals surface area contributed by atoms with Crippen molar-refractivity contribution >= 4 is 23.5 Å². The highest BCUT2D eigenvalue weighted by Crippen LogP contribution is 2.33. The van der Waals surface area contributed by atoms with Crippen molar-refractivity contribution in [3.05, 3.63) is 17.3 Å². The Balaban J connectivity index is 1.79. The Hall–Kier alpha value is -1.60. The lowest BCUT2D eigenvalue weighted by atomic mass is 9.93. The normalized spacial score (nSPS) is 24.5. The van der Waals surface area contributed by atoms with Gasteiger partial charge >= 0.3 is 6.09 Å². The number of carbonyl (C=O) groups is 1. The number of hydrogen-bond donors (Lipinski definition) is 0. The van der Waals surface area contributed by atoms with Crippen LogP contribution in [0.1, 0.15) is 27.2 Å². The summed E-state index contributed by atoms with van der Waals surface area (Å²) in [7, 11) is 0. The van der Waals surface area contributed by atoms with Gasteiger partial charge in [-0.3, -0.25) is 4.90 Å². The van der Waals surface area contributed by atoms with Crippen LogP contribution in [0.15, 0.2) is 12.1 Å². The molecule has 2 fully saturated rings. The van der Waals surface area contributed by atoms with Crippen molar-refractivity contribution in [2.24, 2.45) is 0 Å². The second kappa shape index (κ2) is 6.37. The molecule has 1 unspecified atom stereocenters. The second-order valence-corrected chi connectivity index (χ2v) is 7.68. The highest BCUT2D eigenvalue weighted by Gasteiger charge is 2.48. The SMILES string of the molecule is CC(C)(C)OC(=O)N1CCN(c2ccc(Cl)nn2)CC12CCOC2. The molecule has 0 radical (unpaired) electrons. The van der Waals surface area contributed by atoms with E-state index in [2.05, 4.69) is 15.1 Å². The van der Waals surface area contributed by atoms with Crippen molar-refractivity contribution in [2.75, 3.05) is 37.7 Å². The van der Waals surface area contributed by atoms with E-state index in [9.17, 15) is 4.79 Å². The van der Waals surface area contributed by atoms with Crippen LogP contribution in [0.4, 0.5) is 10.6 Å². The third-order valence-corrected chi connectivity index (χ3v) is 4.49. The fraction of sp³-hybridized carbons (Fsp3) is 0.688. The first-order valence-electron chi connectivity index (χ1n) is 8.12. The van der Waals surface area contributed by atoms with Crippen LogP contribution in [0.3, 0.4) is 0 Å². The smallest absolute Gasteiger partial charge is 0.410 e. The number of piperazine rings is 1. The molecule has 2 aliphatic heterocycles. The van der Waals surface area contributed by atoms with Gasteiger partial charge in [0.25, 0.3) is 0 Å². The minimum Gasteiger partial charge on any atom is -0.444 e. The van der Waals surface area contributed by atoms with Gasteiger partial charge in [-0.2, -0.15) is 0 Å². The Kier molecular flexibility index (Phi) is 4.57. The van der Waals surface area contributed by atoms with Crippen molar-refractivity contribution in [1.29, 1.82) is 0 Å². The molecule has 2 aliphatic rings. The van der Waals surface area contributed by atoms with E-state index in [0.29, 0.717) is 38.0 Å². The van der Waals surface area contributed by atoms with Crippen molar-refractivity contribution in [1.82, 2.24) is 15.1 Å². The Morgan fingerprint density at radius 2 is 2.12 bits per heavy atom. The van der Waals surface area contributed by atoms with E-state index >= 15 is 0 Å². The number of aromatic nitrogens is 2. The zero-order valence-electron chi connectivity index (χ0n) is 14.3. The minimum absolute atomic E-state index is 0.283. The molecule has 1 amide bonds. The standard InChI is InChI=1S/C16H23ClN4O3/c1-15(2,3)24-14(22)21-8-7-20(10-16(21)6-9-23-11-16)13-5-4-12(17)18-19-13/h4-5H,6-11H2,1-3H3. The molecule has 0 aromatic carbocycles. The predicted octanol–water partition coefficient (Wildman–Crippen LogP) is 2.35. The minimum atomic E-state index is -0.517. The van der Waals surface area contributed by atoms with Gasteiger partial charge in [0.2, 0.25) is 0 Å². The average Bonchev–Trinajstić information content (AvgIpc) is 2.94. The Morgan fingerprint density at radius 3 is 2.71 bits per heavy atom. The first-order chi connectivity index (χ1) is 11.3. The van der Waals surface area contributed by atoms with E-state index in [1.807, 2.05) is 31.7 Å². The molecule has 1 atom stereocenters. The molecule has 1 aromatic heterocycles. The molecule has 3 rings (SSSR count). The molecule has 24 heavy (non-hydrogen) atoms. The lowest BCUT2D eigenvalue weighted by molar-refractivity contribution is -0.0102. The third kappa shape index (κ3) is 3.57. The van der Waals surface area contributed by atoms with Gasteiger partial charge in [0, 0.05) is 26.2 Å². The maximum absolute atomic E-state index is 12.6. The lowest BCUT2D eigenvalue weighted by Gasteiger charge is -2.48. The van der Waals surface area contributed by atoms with Crippen LogP contribution in [0.25, 0.3) is 0 Å². The molecular weight excluding hydrogens is 332 g/mol. The molecule has 132 valence electrons. The van der Waals surface area contributed by atoms with Crippen LogP contribution in [-0.4, -0.2) is 65.2 Å². The van der Waals surface area contributed by atoms with Crippen molar-refractivity contribution in [2.45, 2.75) is 38.3 Å². The van der Waals surface area contributed by atoms with Crippen LogP contribution in [-0.2, 0) is 9.47 Å². The molecule has 0 aliphatic carbocycles. The van der Waals surface area contributed by atoms with Crippen molar-refractivity contribution in [3.8, 4) is 0 Å². The summed E-state index contributed by atoms with van der Waals surface area (Å²) < 4.78 is 11.2. The number of rotatable bonds is 1. The number of ether oxygens (including phenoxy) is 2. The van der Waals surface area contributed by atoms with Crippen LogP contribution >= 0.6 is 11.6 Å². The number of hydrogen-bond acceptors (Lipinski definition) is 6. The van der Waals surface area contributed by atoms with Gasteiger partial charge < -0.3 is 14.4 Å². The Labute approximate surface area is 146 Å². The number of halogens is 1. The Morgan fingerprint density at radius 1 is 1.33 bits per heavy atom. The quantitative estimate of drug-likeness (QED) is 0.771. The number of anilines is 1. The predicted molar refractivity (Wildman–Crippen MR) is 90.4 cm³/mol. The van der Waals surface area contributed by atoms with E-state index in [0.717, 1.165) is 12.2 Å². The van der Waals surface area contributed by atoms with Gasteiger partial charge in [0.1, 0.15) is 5.60 Å². The zero-order chi connectivity index (χ0) is 17.4. The molecule has 8 heteroatoms. The van der Waals surface area contributed by atoms with Crippen LogP contribution in [0.2, 0.25) is 5.15 Å². The van der Waals surface area contributed by atoms with Crippen LogP contribution in [0, 0.1) is 0 Å². The number of nitrogens with zero attached hydrogens (tertiary/aromatic N) is 4. The Bertz CT molecular complexity index is 596. The van der Waals surface area contributed by atoms with E-state index in [1.54, 1.807) is 6.07 Å². The van der Waals surface area contributed by atoms with Gasteiger partial charge in [0.05, 0.1) is 12.1 Å². The van der Waals surface area contributed by atoms with Gasteiger partial charge in [0.15, 0.2) is 11.0 Å². The molecule has 3 heterocycles. The molecule has 1 spiro atoms. The molecular formula is C16H23ClN4O3. The highest BCUT2D eigenvalue weighted by molar-refractivity contribution is 6.29. The average molecular weight is 355 g/mol. The summed E-state index contributed by atoms with van der Waals surface area (Å²) in [5.41, 5.74) is -0.904. The van der Waals surface area contributed by atoms with Gasteiger partial charge in [-0.25, -0.2) is 4.79 Å². The lowest BCUT2D eigenvalue weighted by Crippen LogP contribution is -2.65. The summed E-state index contributed by atoms with van der Waals surface area (Å²) in [4.78, 5) is 16.6. The zero-order valence-corrected chi connectivity index (χ0v) is 15.0. The van der Waals surface area contributed by atoms with Crippen LogP contribution < -0.4 is 4.90 Å². The molecule has 0 N–H and O–H groups in total. The maximum atomic E-state index is 12.6. The van der Waals surface area contributed by atoms with E-state index in [-0.39, 0.29) is 11.6 Å². The largest absolute Gasteiger partial charge is 0.444 e. The summed E-state index contributed by atoms with van der Waals surface area (Å²) >= 11 is 5.82. The molecule has 0 bridgehead atoms. The molecule has 0 saturated carbocycles. The fourth-order valence-corrected chi connectivity index (χ4v) is 3.29. The number of amides is 1. The summed E-state index contributed by atoms with van der Waals surface area (Å²) in [6.07, 6.45) is 0.499. The summed E-state index contributed by atoms with van der Waals surface area (Å²) in [6.45, 7) is 8.64. The fourth-order valence-electron chi connectivity index (χ4n) is 3.19. The van der Waals surface area contributed by atoms with Gasteiger partial charge in [-0.15, -0.1) is 10.2 Å². The van der Waals surface area contributed by atoms with E-state index in [1.165, 1.54) is 0 Å². The van der Waals surface area contributed by atoms with E-state index < -0.39 is 5.60 Å². The van der Waals surface area contributed by atoms with Gasteiger partial charge in [-0.05, 0) is 39.3 Å². The van der Waals surface area contributed by atoms with Crippen molar-refractivity contribution in [3.63, 3.8) is 0 Å². The summed E-state index contributed by atoms with van der Waals surface area (Å²) in [5, 5.41) is 8.43. The second-order valence-electron chi connectivity index (χ2n) is 7.29.